The highest BCUT2D eigenvalue weighted by atomic mass is 19.3. The zero-order valence-corrected chi connectivity index (χ0v) is 8.37. The van der Waals surface area contributed by atoms with Crippen LogP contribution in [0.4, 0.5) is 13.2 Å². The SMILES string of the molecule is O=C(O)CCc1ccccc1C(F)C(F)F. The number of carboxylic acid groups (broad SMARTS) is 1. The van der Waals surface area contributed by atoms with Gasteiger partial charge in [0.2, 0.25) is 0 Å². The van der Waals surface area contributed by atoms with E-state index in [2.05, 4.69) is 0 Å². The molecule has 0 spiro atoms. The van der Waals surface area contributed by atoms with Crippen LogP contribution in [0, 0.1) is 0 Å². The first-order chi connectivity index (χ1) is 7.52. The molecule has 0 bridgehead atoms. The van der Waals surface area contributed by atoms with Crippen molar-refractivity contribution in [2.24, 2.45) is 0 Å². The summed E-state index contributed by atoms with van der Waals surface area (Å²) >= 11 is 0. The maximum Gasteiger partial charge on any atom is 0.303 e. The van der Waals surface area contributed by atoms with Gasteiger partial charge in [0.05, 0.1) is 0 Å². The molecule has 0 amide bonds. The molecular formula is C11H11F3O2. The van der Waals surface area contributed by atoms with E-state index in [4.69, 9.17) is 5.11 Å². The number of halogens is 3. The number of aryl methyl sites for hydroxylation is 1. The van der Waals surface area contributed by atoms with Crippen molar-refractivity contribution >= 4 is 5.97 Å². The second-order valence-electron chi connectivity index (χ2n) is 3.33. The highest BCUT2D eigenvalue weighted by Gasteiger charge is 2.23. The Hall–Kier alpha value is -1.52. The summed E-state index contributed by atoms with van der Waals surface area (Å²) in [6, 6.07) is 5.74. The summed E-state index contributed by atoms with van der Waals surface area (Å²) in [5, 5.41) is 8.47. The third kappa shape index (κ3) is 3.25. The van der Waals surface area contributed by atoms with Crippen LogP contribution in [0.5, 0.6) is 0 Å². The van der Waals surface area contributed by atoms with Gasteiger partial charge in [0.1, 0.15) is 0 Å². The fraction of sp³-hybridized carbons (Fsp3) is 0.364. The van der Waals surface area contributed by atoms with Crippen molar-refractivity contribution in [1.82, 2.24) is 0 Å². The summed E-state index contributed by atoms with van der Waals surface area (Å²) < 4.78 is 37.5. The molecule has 16 heavy (non-hydrogen) atoms. The van der Waals surface area contributed by atoms with Crippen molar-refractivity contribution in [1.29, 1.82) is 0 Å². The third-order valence-electron chi connectivity index (χ3n) is 2.18. The van der Waals surface area contributed by atoms with Crippen LogP contribution >= 0.6 is 0 Å². The van der Waals surface area contributed by atoms with Crippen LogP contribution < -0.4 is 0 Å². The van der Waals surface area contributed by atoms with Gasteiger partial charge in [-0.25, -0.2) is 13.2 Å². The second kappa shape index (κ2) is 5.53. The Bertz CT molecular complexity index is 366. The normalized spacial score (nSPS) is 12.8. The van der Waals surface area contributed by atoms with Crippen LogP contribution in [-0.4, -0.2) is 17.5 Å². The van der Waals surface area contributed by atoms with Gasteiger partial charge in [0.15, 0.2) is 6.17 Å². The smallest absolute Gasteiger partial charge is 0.303 e. The van der Waals surface area contributed by atoms with Gasteiger partial charge in [-0.15, -0.1) is 0 Å². The molecule has 5 heteroatoms. The van der Waals surface area contributed by atoms with Crippen molar-refractivity contribution in [2.75, 3.05) is 0 Å². The van der Waals surface area contributed by atoms with Gasteiger partial charge < -0.3 is 5.11 Å². The van der Waals surface area contributed by atoms with Crippen molar-refractivity contribution in [3.8, 4) is 0 Å². The first-order valence-electron chi connectivity index (χ1n) is 4.74. The van der Waals surface area contributed by atoms with E-state index in [1.54, 1.807) is 6.07 Å². The number of aliphatic carboxylic acids is 1. The molecule has 0 radical (unpaired) electrons. The quantitative estimate of drug-likeness (QED) is 0.847. The fourth-order valence-electron chi connectivity index (χ4n) is 1.41. The maximum atomic E-state index is 13.1. The lowest BCUT2D eigenvalue weighted by Gasteiger charge is -2.12. The number of rotatable bonds is 5. The minimum atomic E-state index is -3.09. The molecular weight excluding hydrogens is 221 g/mol. The number of carbonyl (C=O) groups is 1. The zero-order valence-electron chi connectivity index (χ0n) is 8.37. The van der Waals surface area contributed by atoms with Crippen LogP contribution in [0.3, 0.4) is 0 Å². The molecule has 1 aromatic rings. The molecule has 1 aromatic carbocycles. The Kier molecular flexibility index (Phi) is 4.34. The maximum absolute atomic E-state index is 13.1. The van der Waals surface area contributed by atoms with Crippen LogP contribution in [0.1, 0.15) is 23.7 Å². The van der Waals surface area contributed by atoms with Gasteiger partial charge in [0.25, 0.3) is 6.43 Å². The minimum Gasteiger partial charge on any atom is -0.481 e. The van der Waals surface area contributed by atoms with Gasteiger partial charge >= 0.3 is 5.97 Å². The number of carboxylic acids is 1. The lowest BCUT2D eigenvalue weighted by molar-refractivity contribution is -0.136. The first kappa shape index (κ1) is 12.5. The molecule has 1 rings (SSSR count). The van der Waals surface area contributed by atoms with E-state index in [0.29, 0.717) is 5.56 Å². The van der Waals surface area contributed by atoms with E-state index in [1.165, 1.54) is 18.2 Å². The molecule has 0 aliphatic rings. The molecule has 0 saturated heterocycles. The number of hydrogen-bond acceptors (Lipinski definition) is 1. The summed E-state index contributed by atoms with van der Waals surface area (Å²) in [5.74, 6) is -1.04. The molecule has 2 nitrogen and oxygen atoms in total. The standard InChI is InChI=1S/C11H11F3O2/c12-10(11(13)14)8-4-2-1-3-7(8)5-6-9(15)16/h1-4,10-11H,5-6H2,(H,15,16). The van der Waals surface area contributed by atoms with Gasteiger partial charge in [-0.3, -0.25) is 4.79 Å². The van der Waals surface area contributed by atoms with E-state index in [9.17, 15) is 18.0 Å². The van der Waals surface area contributed by atoms with Crippen LogP contribution in [-0.2, 0) is 11.2 Å². The Morgan fingerprint density at radius 2 is 1.88 bits per heavy atom. The summed E-state index contributed by atoms with van der Waals surface area (Å²) in [6.45, 7) is 0. The summed E-state index contributed by atoms with van der Waals surface area (Å²) in [6.07, 6.45) is -5.60. The van der Waals surface area contributed by atoms with Crippen molar-refractivity contribution in [2.45, 2.75) is 25.4 Å². The predicted molar refractivity (Wildman–Crippen MR) is 52.3 cm³/mol. The van der Waals surface area contributed by atoms with Crippen molar-refractivity contribution < 1.29 is 23.1 Å². The van der Waals surface area contributed by atoms with Crippen molar-refractivity contribution in [3.05, 3.63) is 35.4 Å². The topological polar surface area (TPSA) is 37.3 Å². The Morgan fingerprint density at radius 3 is 2.44 bits per heavy atom. The minimum absolute atomic E-state index is 0.0542. The molecule has 0 fully saturated rings. The average molecular weight is 232 g/mol. The average Bonchev–Trinajstić information content (AvgIpc) is 2.25. The molecule has 0 aliphatic heterocycles. The highest BCUT2D eigenvalue weighted by molar-refractivity contribution is 5.67. The highest BCUT2D eigenvalue weighted by Crippen LogP contribution is 2.28. The number of alkyl halides is 3. The van der Waals surface area contributed by atoms with E-state index in [-0.39, 0.29) is 18.4 Å². The summed E-state index contributed by atoms with van der Waals surface area (Å²) in [7, 11) is 0. The molecule has 88 valence electrons. The van der Waals surface area contributed by atoms with Gasteiger partial charge in [-0.2, -0.15) is 0 Å². The van der Waals surface area contributed by atoms with E-state index in [1.807, 2.05) is 0 Å². The monoisotopic (exact) mass is 232 g/mol. The zero-order chi connectivity index (χ0) is 12.1. The molecule has 1 N–H and O–H groups in total. The van der Waals surface area contributed by atoms with Crippen molar-refractivity contribution in [3.63, 3.8) is 0 Å². The third-order valence-corrected chi connectivity index (χ3v) is 2.18. The Labute approximate surface area is 90.7 Å². The predicted octanol–water partition coefficient (Wildman–Crippen LogP) is 2.98. The molecule has 0 saturated carbocycles. The van der Waals surface area contributed by atoms with Gasteiger partial charge in [-0.05, 0) is 17.5 Å². The Morgan fingerprint density at radius 1 is 1.25 bits per heavy atom. The van der Waals surface area contributed by atoms with Gasteiger partial charge in [-0.1, -0.05) is 24.3 Å². The van der Waals surface area contributed by atoms with Crippen LogP contribution in [0.15, 0.2) is 24.3 Å². The summed E-state index contributed by atoms with van der Waals surface area (Å²) in [4.78, 5) is 10.3. The van der Waals surface area contributed by atoms with E-state index in [0.717, 1.165) is 0 Å². The lowest BCUT2D eigenvalue weighted by atomic mass is 9.99. The van der Waals surface area contributed by atoms with Crippen LogP contribution in [0.25, 0.3) is 0 Å². The molecule has 0 aliphatic carbocycles. The van der Waals surface area contributed by atoms with Crippen LogP contribution in [0.2, 0.25) is 0 Å². The second-order valence-corrected chi connectivity index (χ2v) is 3.33. The number of benzene rings is 1. The lowest BCUT2D eigenvalue weighted by Crippen LogP contribution is -2.07. The summed E-state index contributed by atoms with van der Waals surface area (Å²) in [5.41, 5.74) is 0.191. The largest absolute Gasteiger partial charge is 0.481 e. The fourth-order valence-corrected chi connectivity index (χ4v) is 1.41. The van der Waals surface area contributed by atoms with Gasteiger partial charge in [0, 0.05) is 6.42 Å². The molecule has 1 unspecified atom stereocenters. The van der Waals surface area contributed by atoms with E-state index >= 15 is 0 Å². The molecule has 0 heterocycles. The molecule has 1 atom stereocenters. The first-order valence-corrected chi connectivity index (χ1v) is 4.74. The Balaban J connectivity index is 2.87. The molecule has 0 aromatic heterocycles. The van der Waals surface area contributed by atoms with E-state index < -0.39 is 18.6 Å². The number of hydrogen-bond donors (Lipinski definition) is 1.